The smallest absolute Gasteiger partial charge is 0.272 e. The highest BCUT2D eigenvalue weighted by molar-refractivity contribution is 5.92. The average molecular weight is 340 g/mol. The molecule has 0 spiro atoms. The maximum atomic E-state index is 12.7. The molecule has 1 aliphatic rings. The fourth-order valence-corrected chi connectivity index (χ4v) is 3.12. The number of carbonyl (C=O) groups is 1. The molecule has 1 saturated heterocycles. The van der Waals surface area contributed by atoms with Crippen LogP contribution in [0.15, 0.2) is 36.5 Å². The van der Waals surface area contributed by atoms with Crippen LogP contribution in [0.1, 0.15) is 35.8 Å². The van der Waals surface area contributed by atoms with Gasteiger partial charge in [0.2, 0.25) is 5.95 Å². The van der Waals surface area contributed by atoms with Gasteiger partial charge in [0.15, 0.2) is 0 Å². The van der Waals surface area contributed by atoms with Gasteiger partial charge in [0.05, 0.1) is 7.11 Å². The lowest BCUT2D eigenvalue weighted by atomic mass is 10.00. The molecule has 2 heterocycles. The fraction of sp³-hybridized carbons (Fsp3) is 0.421. The highest BCUT2D eigenvalue weighted by Crippen LogP contribution is 2.19. The Hall–Kier alpha value is -2.63. The Bertz CT molecular complexity index is 735. The van der Waals surface area contributed by atoms with Gasteiger partial charge in [0, 0.05) is 31.4 Å². The van der Waals surface area contributed by atoms with E-state index in [1.165, 1.54) is 6.42 Å². The second-order valence-electron chi connectivity index (χ2n) is 6.43. The number of hydrogen-bond acceptors (Lipinski definition) is 5. The Morgan fingerprint density at radius 2 is 2.20 bits per heavy atom. The van der Waals surface area contributed by atoms with Gasteiger partial charge in [0.1, 0.15) is 11.4 Å². The summed E-state index contributed by atoms with van der Waals surface area (Å²) in [6.45, 7) is 4.31. The molecule has 132 valence electrons. The molecule has 25 heavy (non-hydrogen) atoms. The number of anilines is 1. The number of ether oxygens (including phenoxy) is 1. The molecular weight excluding hydrogens is 316 g/mol. The van der Waals surface area contributed by atoms with Crippen molar-refractivity contribution in [2.45, 2.75) is 26.3 Å². The standard InChI is InChI=1S/C19H24N4O2/c1-14-6-5-11-23(13-14)18(24)16-9-10-20-19(22-16)21-12-15-7-3-4-8-17(15)25-2/h3-4,7-10,14H,5-6,11-13H2,1-2H3,(H,20,21,22). The zero-order valence-electron chi connectivity index (χ0n) is 14.7. The van der Waals surface area contributed by atoms with Crippen molar-refractivity contribution in [3.8, 4) is 5.75 Å². The number of aromatic nitrogens is 2. The van der Waals surface area contributed by atoms with Crippen LogP contribution < -0.4 is 10.1 Å². The number of amides is 1. The first kappa shape index (κ1) is 17.2. The van der Waals surface area contributed by atoms with E-state index in [0.29, 0.717) is 24.1 Å². The van der Waals surface area contributed by atoms with Crippen LogP contribution in [0.2, 0.25) is 0 Å². The Morgan fingerprint density at radius 3 is 3.00 bits per heavy atom. The normalized spacial score (nSPS) is 17.2. The summed E-state index contributed by atoms with van der Waals surface area (Å²) in [5.41, 5.74) is 1.45. The van der Waals surface area contributed by atoms with Crippen LogP contribution in [0.5, 0.6) is 5.75 Å². The first-order chi connectivity index (χ1) is 12.2. The van der Waals surface area contributed by atoms with Gasteiger partial charge < -0.3 is 15.0 Å². The molecule has 0 saturated carbocycles. The largest absolute Gasteiger partial charge is 0.496 e. The van der Waals surface area contributed by atoms with E-state index in [-0.39, 0.29) is 5.91 Å². The number of likely N-dealkylation sites (tertiary alicyclic amines) is 1. The molecule has 1 N–H and O–H groups in total. The third-order valence-electron chi connectivity index (χ3n) is 4.45. The number of nitrogens with zero attached hydrogens (tertiary/aromatic N) is 3. The predicted molar refractivity (Wildman–Crippen MR) is 96.7 cm³/mol. The van der Waals surface area contributed by atoms with E-state index in [1.807, 2.05) is 29.2 Å². The quantitative estimate of drug-likeness (QED) is 0.906. The molecular formula is C19H24N4O2. The number of hydrogen-bond donors (Lipinski definition) is 1. The summed E-state index contributed by atoms with van der Waals surface area (Å²) in [6.07, 6.45) is 3.86. The van der Waals surface area contributed by atoms with E-state index in [1.54, 1.807) is 19.4 Å². The molecule has 0 aliphatic carbocycles. The third kappa shape index (κ3) is 4.26. The van der Waals surface area contributed by atoms with Crippen LogP contribution in [0.25, 0.3) is 0 Å². The van der Waals surface area contributed by atoms with Crippen molar-refractivity contribution in [1.29, 1.82) is 0 Å². The molecule has 6 nitrogen and oxygen atoms in total. The second kappa shape index (κ2) is 7.96. The highest BCUT2D eigenvalue weighted by atomic mass is 16.5. The monoisotopic (exact) mass is 340 g/mol. The highest BCUT2D eigenvalue weighted by Gasteiger charge is 2.23. The molecule has 3 rings (SSSR count). The Morgan fingerprint density at radius 1 is 1.36 bits per heavy atom. The van der Waals surface area contributed by atoms with Crippen molar-refractivity contribution in [2.75, 3.05) is 25.5 Å². The first-order valence-electron chi connectivity index (χ1n) is 8.65. The predicted octanol–water partition coefficient (Wildman–Crippen LogP) is 2.97. The van der Waals surface area contributed by atoms with Crippen molar-refractivity contribution in [3.05, 3.63) is 47.8 Å². The molecule has 1 aromatic carbocycles. The molecule has 1 aromatic heterocycles. The average Bonchev–Trinajstić information content (AvgIpc) is 2.66. The van der Waals surface area contributed by atoms with Gasteiger partial charge in [-0.1, -0.05) is 25.1 Å². The summed E-state index contributed by atoms with van der Waals surface area (Å²) in [5.74, 6) is 1.78. The van der Waals surface area contributed by atoms with E-state index >= 15 is 0 Å². The topological polar surface area (TPSA) is 67.3 Å². The van der Waals surface area contributed by atoms with Gasteiger partial charge in [-0.25, -0.2) is 9.97 Å². The minimum Gasteiger partial charge on any atom is -0.496 e. The van der Waals surface area contributed by atoms with E-state index in [9.17, 15) is 4.79 Å². The van der Waals surface area contributed by atoms with Gasteiger partial charge in [-0.2, -0.15) is 0 Å². The van der Waals surface area contributed by atoms with Crippen molar-refractivity contribution < 1.29 is 9.53 Å². The molecule has 0 bridgehead atoms. The maximum absolute atomic E-state index is 12.7. The minimum atomic E-state index is -0.0192. The molecule has 1 amide bonds. The molecule has 2 aromatic rings. The SMILES string of the molecule is COc1ccccc1CNc1nccc(C(=O)N2CCCC(C)C2)n1. The van der Waals surface area contributed by atoms with Crippen molar-refractivity contribution >= 4 is 11.9 Å². The number of para-hydroxylation sites is 1. The number of methoxy groups -OCH3 is 1. The summed E-state index contributed by atoms with van der Waals surface area (Å²) < 4.78 is 5.34. The Kier molecular flexibility index (Phi) is 5.48. The summed E-state index contributed by atoms with van der Waals surface area (Å²) in [5, 5.41) is 3.17. The number of rotatable bonds is 5. The van der Waals surface area contributed by atoms with Gasteiger partial charge in [0.25, 0.3) is 5.91 Å². The number of nitrogens with one attached hydrogen (secondary N) is 1. The van der Waals surface area contributed by atoms with E-state index < -0.39 is 0 Å². The zero-order chi connectivity index (χ0) is 17.6. The van der Waals surface area contributed by atoms with Gasteiger partial charge in [-0.3, -0.25) is 4.79 Å². The lowest BCUT2D eigenvalue weighted by Crippen LogP contribution is -2.39. The van der Waals surface area contributed by atoms with E-state index in [4.69, 9.17) is 4.74 Å². The lowest BCUT2D eigenvalue weighted by molar-refractivity contribution is 0.0677. The molecule has 1 fully saturated rings. The summed E-state index contributed by atoms with van der Waals surface area (Å²) in [4.78, 5) is 23.2. The molecule has 1 aliphatic heterocycles. The van der Waals surface area contributed by atoms with Crippen LogP contribution in [0.3, 0.4) is 0 Å². The Labute approximate surface area is 148 Å². The van der Waals surface area contributed by atoms with Gasteiger partial charge in [-0.05, 0) is 30.9 Å². The Balaban J connectivity index is 1.68. The molecule has 0 radical (unpaired) electrons. The fourth-order valence-electron chi connectivity index (χ4n) is 3.12. The minimum absolute atomic E-state index is 0.0192. The van der Waals surface area contributed by atoms with E-state index in [2.05, 4.69) is 22.2 Å². The summed E-state index contributed by atoms with van der Waals surface area (Å²) in [6, 6.07) is 9.46. The molecule has 1 unspecified atom stereocenters. The molecule has 1 atom stereocenters. The van der Waals surface area contributed by atoms with Crippen LogP contribution in [-0.2, 0) is 6.54 Å². The lowest BCUT2D eigenvalue weighted by Gasteiger charge is -2.30. The molecule has 6 heteroatoms. The third-order valence-corrected chi connectivity index (χ3v) is 4.45. The van der Waals surface area contributed by atoms with Crippen molar-refractivity contribution in [2.24, 2.45) is 5.92 Å². The van der Waals surface area contributed by atoms with Crippen LogP contribution >= 0.6 is 0 Å². The number of benzene rings is 1. The van der Waals surface area contributed by atoms with Crippen molar-refractivity contribution in [1.82, 2.24) is 14.9 Å². The number of piperidine rings is 1. The first-order valence-corrected chi connectivity index (χ1v) is 8.65. The van der Waals surface area contributed by atoms with E-state index in [0.717, 1.165) is 30.8 Å². The zero-order valence-corrected chi connectivity index (χ0v) is 14.7. The van der Waals surface area contributed by atoms with Crippen LogP contribution in [0, 0.1) is 5.92 Å². The maximum Gasteiger partial charge on any atom is 0.272 e. The summed E-state index contributed by atoms with van der Waals surface area (Å²) >= 11 is 0. The van der Waals surface area contributed by atoms with Gasteiger partial charge in [-0.15, -0.1) is 0 Å². The van der Waals surface area contributed by atoms with Crippen LogP contribution in [-0.4, -0.2) is 41.0 Å². The second-order valence-corrected chi connectivity index (χ2v) is 6.43. The van der Waals surface area contributed by atoms with Gasteiger partial charge >= 0.3 is 0 Å². The van der Waals surface area contributed by atoms with Crippen LogP contribution in [0.4, 0.5) is 5.95 Å². The van der Waals surface area contributed by atoms with Crippen molar-refractivity contribution in [3.63, 3.8) is 0 Å². The summed E-state index contributed by atoms with van der Waals surface area (Å²) in [7, 11) is 1.65. The number of carbonyl (C=O) groups excluding carboxylic acids is 1.